The topological polar surface area (TPSA) is 39.7 Å². The Bertz CT molecular complexity index is 165. The van der Waals surface area contributed by atoms with E-state index >= 15 is 0 Å². The molecule has 0 aliphatic rings. The van der Waals surface area contributed by atoms with Gasteiger partial charge < -0.3 is 19.5 Å². The molecule has 0 aromatic heterocycles. The van der Waals surface area contributed by atoms with Crippen LogP contribution in [0.5, 0.6) is 0 Å². The van der Waals surface area contributed by atoms with Crippen molar-refractivity contribution < 1.29 is 14.2 Å². The zero-order chi connectivity index (χ0) is 13.6. The molecule has 0 fully saturated rings. The molecule has 0 bridgehead atoms. The number of rotatable bonds is 13. The molecular formula is C14H31NO3. The average Bonchev–Trinajstić information content (AvgIpc) is 2.33. The number of methoxy groups -OCH3 is 1. The predicted molar refractivity (Wildman–Crippen MR) is 75.1 cm³/mol. The first kappa shape index (κ1) is 17.8. The van der Waals surface area contributed by atoms with E-state index in [0.29, 0.717) is 32.5 Å². The van der Waals surface area contributed by atoms with Crippen molar-refractivity contribution in [3.63, 3.8) is 0 Å². The van der Waals surface area contributed by atoms with Gasteiger partial charge in [0.1, 0.15) is 0 Å². The summed E-state index contributed by atoms with van der Waals surface area (Å²) in [6.45, 7) is 11.4. The van der Waals surface area contributed by atoms with E-state index in [1.807, 2.05) is 0 Å². The van der Waals surface area contributed by atoms with E-state index < -0.39 is 0 Å². The van der Waals surface area contributed by atoms with Crippen LogP contribution in [0.25, 0.3) is 0 Å². The minimum atomic E-state index is 0.317. The Morgan fingerprint density at radius 2 is 1.72 bits per heavy atom. The largest absolute Gasteiger partial charge is 0.382 e. The SMILES string of the molecule is COCCOCCOC(C)CCCNCC(C)C. The minimum absolute atomic E-state index is 0.317. The van der Waals surface area contributed by atoms with Crippen LogP contribution in [0.2, 0.25) is 0 Å². The fourth-order valence-corrected chi connectivity index (χ4v) is 1.54. The predicted octanol–water partition coefficient (Wildman–Crippen LogP) is 2.08. The Hall–Kier alpha value is -0.160. The molecule has 1 N–H and O–H groups in total. The number of hydrogen-bond acceptors (Lipinski definition) is 4. The van der Waals surface area contributed by atoms with Gasteiger partial charge >= 0.3 is 0 Å². The van der Waals surface area contributed by atoms with Crippen molar-refractivity contribution in [2.45, 2.75) is 39.7 Å². The van der Waals surface area contributed by atoms with Gasteiger partial charge in [-0.3, -0.25) is 0 Å². The highest BCUT2D eigenvalue weighted by atomic mass is 16.5. The lowest BCUT2D eigenvalue weighted by Crippen LogP contribution is -2.22. The van der Waals surface area contributed by atoms with Crippen LogP contribution in [-0.2, 0) is 14.2 Å². The molecular weight excluding hydrogens is 230 g/mol. The fourth-order valence-electron chi connectivity index (χ4n) is 1.54. The Balaban J connectivity index is 3.15. The fraction of sp³-hybridized carbons (Fsp3) is 1.00. The quantitative estimate of drug-likeness (QED) is 0.515. The molecule has 0 saturated carbocycles. The molecule has 0 amide bonds. The van der Waals surface area contributed by atoms with Gasteiger partial charge in [0.05, 0.1) is 32.5 Å². The van der Waals surface area contributed by atoms with Crippen molar-refractivity contribution >= 4 is 0 Å². The summed E-state index contributed by atoms with van der Waals surface area (Å²) in [7, 11) is 1.68. The lowest BCUT2D eigenvalue weighted by Gasteiger charge is -2.13. The normalized spacial score (nSPS) is 13.2. The van der Waals surface area contributed by atoms with Gasteiger partial charge in [-0.2, -0.15) is 0 Å². The van der Waals surface area contributed by atoms with E-state index in [1.165, 1.54) is 6.42 Å². The van der Waals surface area contributed by atoms with E-state index in [1.54, 1.807) is 7.11 Å². The van der Waals surface area contributed by atoms with Crippen molar-refractivity contribution in [1.82, 2.24) is 5.32 Å². The number of hydrogen-bond donors (Lipinski definition) is 1. The first-order valence-electron chi connectivity index (χ1n) is 7.05. The van der Waals surface area contributed by atoms with Crippen LogP contribution in [-0.4, -0.2) is 52.7 Å². The maximum absolute atomic E-state index is 5.66. The summed E-state index contributed by atoms with van der Waals surface area (Å²) in [5, 5.41) is 3.44. The third kappa shape index (κ3) is 13.9. The van der Waals surface area contributed by atoms with Gasteiger partial charge in [0, 0.05) is 7.11 Å². The van der Waals surface area contributed by atoms with E-state index in [4.69, 9.17) is 14.2 Å². The van der Waals surface area contributed by atoms with Crippen LogP contribution in [0.4, 0.5) is 0 Å². The summed E-state index contributed by atoms with van der Waals surface area (Å²) in [5.74, 6) is 0.725. The summed E-state index contributed by atoms with van der Waals surface area (Å²) in [6, 6.07) is 0. The molecule has 0 radical (unpaired) electrons. The van der Waals surface area contributed by atoms with Crippen LogP contribution < -0.4 is 5.32 Å². The van der Waals surface area contributed by atoms with Crippen molar-refractivity contribution in [3.8, 4) is 0 Å². The first-order chi connectivity index (χ1) is 8.66. The van der Waals surface area contributed by atoms with Gasteiger partial charge in [-0.1, -0.05) is 13.8 Å². The number of nitrogens with one attached hydrogen (secondary N) is 1. The lowest BCUT2D eigenvalue weighted by molar-refractivity contribution is -0.00319. The highest BCUT2D eigenvalue weighted by Gasteiger charge is 2.02. The minimum Gasteiger partial charge on any atom is -0.382 e. The monoisotopic (exact) mass is 261 g/mol. The van der Waals surface area contributed by atoms with E-state index in [2.05, 4.69) is 26.1 Å². The van der Waals surface area contributed by atoms with Crippen molar-refractivity contribution in [2.24, 2.45) is 5.92 Å². The summed E-state index contributed by atoms with van der Waals surface area (Å²) >= 11 is 0. The molecule has 18 heavy (non-hydrogen) atoms. The standard InChI is InChI=1S/C14H31NO3/c1-13(2)12-15-7-5-6-14(3)18-11-10-17-9-8-16-4/h13-15H,5-12H2,1-4H3. The van der Waals surface area contributed by atoms with Crippen LogP contribution in [0.1, 0.15) is 33.6 Å². The van der Waals surface area contributed by atoms with E-state index in [9.17, 15) is 0 Å². The summed E-state index contributed by atoms with van der Waals surface area (Å²) in [4.78, 5) is 0. The second kappa shape index (κ2) is 13.3. The summed E-state index contributed by atoms with van der Waals surface area (Å²) < 4.78 is 15.9. The Morgan fingerprint density at radius 1 is 1.00 bits per heavy atom. The maximum atomic E-state index is 5.66. The Labute approximate surface area is 112 Å². The molecule has 0 aliphatic carbocycles. The van der Waals surface area contributed by atoms with Crippen LogP contribution >= 0.6 is 0 Å². The third-order valence-corrected chi connectivity index (χ3v) is 2.58. The molecule has 0 saturated heterocycles. The Kier molecular flexibility index (Phi) is 13.2. The second-order valence-electron chi connectivity index (χ2n) is 5.03. The Morgan fingerprint density at radius 3 is 2.39 bits per heavy atom. The van der Waals surface area contributed by atoms with Gasteiger partial charge in [0.25, 0.3) is 0 Å². The third-order valence-electron chi connectivity index (χ3n) is 2.58. The van der Waals surface area contributed by atoms with Crippen molar-refractivity contribution in [3.05, 3.63) is 0 Å². The summed E-state index contributed by atoms with van der Waals surface area (Å²) in [5.41, 5.74) is 0. The zero-order valence-electron chi connectivity index (χ0n) is 12.5. The molecule has 0 aromatic rings. The summed E-state index contributed by atoms with van der Waals surface area (Å²) in [6.07, 6.45) is 2.58. The molecule has 1 unspecified atom stereocenters. The molecule has 0 heterocycles. The highest BCUT2D eigenvalue weighted by molar-refractivity contribution is 4.55. The number of ether oxygens (including phenoxy) is 3. The van der Waals surface area contributed by atoms with E-state index in [0.717, 1.165) is 25.4 Å². The molecule has 0 rings (SSSR count). The van der Waals surface area contributed by atoms with Gasteiger partial charge in [-0.25, -0.2) is 0 Å². The van der Waals surface area contributed by atoms with Gasteiger partial charge in [0.15, 0.2) is 0 Å². The molecule has 110 valence electrons. The lowest BCUT2D eigenvalue weighted by atomic mass is 10.2. The van der Waals surface area contributed by atoms with Crippen molar-refractivity contribution in [2.75, 3.05) is 46.6 Å². The second-order valence-corrected chi connectivity index (χ2v) is 5.03. The molecule has 1 atom stereocenters. The molecule has 4 heteroatoms. The molecule has 4 nitrogen and oxygen atoms in total. The van der Waals surface area contributed by atoms with Gasteiger partial charge in [0.2, 0.25) is 0 Å². The van der Waals surface area contributed by atoms with Gasteiger partial charge in [-0.05, 0) is 38.8 Å². The first-order valence-corrected chi connectivity index (χ1v) is 7.05. The smallest absolute Gasteiger partial charge is 0.0704 e. The molecule has 0 aliphatic heterocycles. The van der Waals surface area contributed by atoms with Gasteiger partial charge in [-0.15, -0.1) is 0 Å². The molecule has 0 spiro atoms. The molecule has 0 aromatic carbocycles. The maximum Gasteiger partial charge on any atom is 0.0704 e. The van der Waals surface area contributed by atoms with Crippen LogP contribution in [0.3, 0.4) is 0 Å². The van der Waals surface area contributed by atoms with E-state index in [-0.39, 0.29) is 0 Å². The van der Waals surface area contributed by atoms with Crippen molar-refractivity contribution in [1.29, 1.82) is 0 Å². The highest BCUT2D eigenvalue weighted by Crippen LogP contribution is 2.00. The average molecular weight is 261 g/mol. The zero-order valence-corrected chi connectivity index (χ0v) is 12.5. The van der Waals surface area contributed by atoms with Crippen LogP contribution in [0, 0.1) is 5.92 Å². The van der Waals surface area contributed by atoms with Crippen LogP contribution in [0.15, 0.2) is 0 Å².